The van der Waals surface area contributed by atoms with Crippen LogP contribution in [0.1, 0.15) is 5.56 Å². The second-order valence-corrected chi connectivity index (χ2v) is 4.64. The Morgan fingerprint density at radius 2 is 2.00 bits per heavy atom. The molecule has 0 fully saturated rings. The van der Waals surface area contributed by atoms with E-state index in [9.17, 15) is 5.26 Å². The summed E-state index contributed by atoms with van der Waals surface area (Å²) in [5.41, 5.74) is 3.02. The van der Waals surface area contributed by atoms with E-state index in [1.807, 2.05) is 34.9 Å². The SMILES string of the molecule is COc1cccc(C#N)c1-n1c(=S)[nH]c2ccccc21. The second kappa shape index (κ2) is 4.83. The molecular weight excluding hydrogens is 270 g/mol. The molecule has 0 radical (unpaired) electrons. The van der Waals surface area contributed by atoms with Gasteiger partial charge in [-0.1, -0.05) is 18.2 Å². The number of imidazole rings is 1. The van der Waals surface area contributed by atoms with Gasteiger partial charge in [0.15, 0.2) is 4.77 Å². The fraction of sp³-hybridized carbons (Fsp3) is 0.0667. The Morgan fingerprint density at radius 3 is 2.75 bits per heavy atom. The maximum Gasteiger partial charge on any atom is 0.182 e. The summed E-state index contributed by atoms with van der Waals surface area (Å²) >= 11 is 5.39. The van der Waals surface area contributed by atoms with Crippen LogP contribution in [0.5, 0.6) is 5.75 Å². The molecule has 0 saturated heterocycles. The second-order valence-electron chi connectivity index (χ2n) is 4.25. The molecule has 0 saturated carbocycles. The van der Waals surface area contributed by atoms with Crippen molar-refractivity contribution in [2.45, 2.75) is 0 Å². The van der Waals surface area contributed by atoms with Gasteiger partial charge in [0.05, 0.1) is 23.7 Å². The van der Waals surface area contributed by atoms with Crippen LogP contribution in [0.2, 0.25) is 0 Å². The molecule has 1 aromatic heterocycles. The van der Waals surface area contributed by atoms with Gasteiger partial charge in [-0.05, 0) is 36.5 Å². The average Bonchev–Trinajstić information content (AvgIpc) is 2.81. The molecule has 0 amide bonds. The number of nitriles is 1. The predicted octanol–water partition coefficient (Wildman–Crippen LogP) is 3.57. The lowest BCUT2D eigenvalue weighted by Gasteiger charge is -2.11. The Labute approximate surface area is 120 Å². The van der Waals surface area contributed by atoms with E-state index in [2.05, 4.69) is 11.1 Å². The molecule has 0 bridgehead atoms. The van der Waals surface area contributed by atoms with Gasteiger partial charge in [0, 0.05) is 0 Å². The molecule has 4 nitrogen and oxygen atoms in total. The molecule has 0 aliphatic carbocycles. The third kappa shape index (κ3) is 1.78. The highest BCUT2D eigenvalue weighted by atomic mass is 32.1. The first kappa shape index (κ1) is 12.5. The Kier molecular flexibility index (Phi) is 3.01. The minimum Gasteiger partial charge on any atom is -0.495 e. The van der Waals surface area contributed by atoms with E-state index >= 15 is 0 Å². The normalized spacial score (nSPS) is 10.4. The van der Waals surface area contributed by atoms with Crippen molar-refractivity contribution < 1.29 is 4.74 Å². The first-order chi connectivity index (χ1) is 9.76. The van der Waals surface area contributed by atoms with Crippen LogP contribution in [0.4, 0.5) is 0 Å². The molecule has 3 aromatic rings. The summed E-state index contributed by atoms with van der Waals surface area (Å²) in [6, 6.07) is 15.3. The van der Waals surface area contributed by atoms with Crippen molar-refractivity contribution in [3.63, 3.8) is 0 Å². The number of hydrogen-bond acceptors (Lipinski definition) is 3. The minimum absolute atomic E-state index is 0.519. The van der Waals surface area contributed by atoms with Crippen LogP contribution in [-0.2, 0) is 0 Å². The van der Waals surface area contributed by atoms with Crippen LogP contribution in [0.15, 0.2) is 42.5 Å². The monoisotopic (exact) mass is 281 g/mol. The maximum atomic E-state index is 9.34. The van der Waals surface area contributed by atoms with Crippen molar-refractivity contribution in [1.29, 1.82) is 5.26 Å². The zero-order chi connectivity index (χ0) is 14.1. The highest BCUT2D eigenvalue weighted by Crippen LogP contribution is 2.29. The molecule has 5 heteroatoms. The van der Waals surface area contributed by atoms with Crippen molar-refractivity contribution in [3.8, 4) is 17.5 Å². The summed E-state index contributed by atoms with van der Waals surface area (Å²) in [5, 5.41) is 9.34. The van der Waals surface area contributed by atoms with Crippen LogP contribution in [0.3, 0.4) is 0 Å². The number of benzene rings is 2. The van der Waals surface area contributed by atoms with Gasteiger partial charge in [-0.3, -0.25) is 4.57 Å². The van der Waals surface area contributed by atoms with E-state index in [-0.39, 0.29) is 0 Å². The van der Waals surface area contributed by atoms with E-state index in [4.69, 9.17) is 17.0 Å². The minimum atomic E-state index is 0.519. The number of nitrogens with zero attached hydrogens (tertiary/aromatic N) is 2. The Balaban J connectivity index is 2.46. The zero-order valence-corrected chi connectivity index (χ0v) is 11.6. The number of ether oxygens (including phenoxy) is 1. The smallest absolute Gasteiger partial charge is 0.182 e. The van der Waals surface area contributed by atoms with E-state index in [1.165, 1.54) is 0 Å². The van der Waals surface area contributed by atoms with E-state index in [0.29, 0.717) is 21.8 Å². The molecular formula is C15H11N3OS. The Morgan fingerprint density at radius 1 is 1.20 bits per heavy atom. The van der Waals surface area contributed by atoms with Gasteiger partial charge in [-0.25, -0.2) is 0 Å². The molecule has 0 unspecified atom stereocenters. The summed E-state index contributed by atoms with van der Waals surface area (Å²) < 4.78 is 7.75. The molecule has 98 valence electrons. The van der Waals surface area contributed by atoms with Crippen LogP contribution in [0.25, 0.3) is 16.7 Å². The lowest BCUT2D eigenvalue weighted by atomic mass is 10.1. The number of aromatic nitrogens is 2. The molecule has 1 N–H and O–H groups in total. The third-order valence-corrected chi connectivity index (χ3v) is 3.44. The van der Waals surface area contributed by atoms with Crippen molar-refractivity contribution in [2.24, 2.45) is 0 Å². The summed E-state index contributed by atoms with van der Waals surface area (Å²) in [4.78, 5) is 3.14. The third-order valence-electron chi connectivity index (χ3n) is 3.15. The Hall–Kier alpha value is -2.58. The van der Waals surface area contributed by atoms with Crippen LogP contribution in [0, 0.1) is 16.1 Å². The molecule has 0 atom stereocenters. The van der Waals surface area contributed by atoms with Gasteiger partial charge >= 0.3 is 0 Å². The maximum absolute atomic E-state index is 9.34. The van der Waals surface area contributed by atoms with Gasteiger partial charge in [-0.15, -0.1) is 0 Å². The molecule has 2 aromatic carbocycles. The van der Waals surface area contributed by atoms with Gasteiger partial charge < -0.3 is 9.72 Å². The van der Waals surface area contributed by atoms with Crippen molar-refractivity contribution in [1.82, 2.24) is 9.55 Å². The van der Waals surface area contributed by atoms with E-state index in [1.54, 1.807) is 19.2 Å². The molecule has 20 heavy (non-hydrogen) atoms. The largest absolute Gasteiger partial charge is 0.495 e. The van der Waals surface area contributed by atoms with Crippen LogP contribution < -0.4 is 4.74 Å². The number of aromatic amines is 1. The predicted molar refractivity (Wildman–Crippen MR) is 79.7 cm³/mol. The number of H-pyrrole nitrogens is 1. The molecule has 0 spiro atoms. The number of hydrogen-bond donors (Lipinski definition) is 1. The van der Waals surface area contributed by atoms with Crippen molar-refractivity contribution in [2.75, 3.05) is 7.11 Å². The van der Waals surface area contributed by atoms with Crippen LogP contribution in [-0.4, -0.2) is 16.7 Å². The fourth-order valence-electron chi connectivity index (χ4n) is 2.28. The van der Waals surface area contributed by atoms with Crippen LogP contribution >= 0.6 is 12.2 Å². The first-order valence-corrected chi connectivity index (χ1v) is 6.44. The summed E-state index contributed by atoms with van der Waals surface area (Å²) in [6.07, 6.45) is 0. The van der Waals surface area contributed by atoms with E-state index in [0.717, 1.165) is 11.0 Å². The number of nitrogens with one attached hydrogen (secondary N) is 1. The summed E-state index contributed by atoms with van der Waals surface area (Å²) in [7, 11) is 1.58. The van der Waals surface area contributed by atoms with Gasteiger partial charge in [-0.2, -0.15) is 5.26 Å². The van der Waals surface area contributed by atoms with Crippen molar-refractivity contribution >= 4 is 23.3 Å². The summed E-state index contributed by atoms with van der Waals surface area (Å²) in [6.45, 7) is 0. The standard InChI is InChI=1S/C15H11N3OS/c1-19-13-8-4-5-10(9-16)14(13)18-12-7-3-2-6-11(12)17-15(18)20/h2-8H,1H3,(H,17,20). The van der Waals surface area contributed by atoms with Gasteiger partial charge in [0.2, 0.25) is 0 Å². The first-order valence-electron chi connectivity index (χ1n) is 6.03. The van der Waals surface area contributed by atoms with Crippen molar-refractivity contribution in [3.05, 3.63) is 52.8 Å². The average molecular weight is 281 g/mol. The molecule has 1 heterocycles. The number of para-hydroxylation sites is 3. The highest BCUT2D eigenvalue weighted by molar-refractivity contribution is 7.71. The molecule has 0 aliphatic rings. The number of fused-ring (bicyclic) bond motifs is 1. The topological polar surface area (TPSA) is 53.7 Å². The fourth-order valence-corrected chi connectivity index (χ4v) is 2.58. The zero-order valence-electron chi connectivity index (χ0n) is 10.8. The summed E-state index contributed by atoms with van der Waals surface area (Å²) in [5.74, 6) is 0.616. The lowest BCUT2D eigenvalue weighted by molar-refractivity contribution is 0.413. The van der Waals surface area contributed by atoms with Gasteiger partial charge in [0.1, 0.15) is 17.5 Å². The lowest BCUT2D eigenvalue weighted by Crippen LogP contribution is -2.01. The van der Waals surface area contributed by atoms with Gasteiger partial charge in [0.25, 0.3) is 0 Å². The Bertz CT molecular complexity index is 886. The molecule has 3 rings (SSSR count). The van der Waals surface area contributed by atoms with E-state index < -0.39 is 0 Å². The molecule has 0 aliphatic heterocycles. The number of methoxy groups -OCH3 is 1. The highest BCUT2D eigenvalue weighted by Gasteiger charge is 2.15. The number of rotatable bonds is 2. The quantitative estimate of drug-likeness (QED) is 0.731.